The van der Waals surface area contributed by atoms with Gasteiger partial charge in [-0.3, -0.25) is 9.59 Å². The van der Waals surface area contributed by atoms with Crippen molar-refractivity contribution in [2.75, 3.05) is 26.2 Å². The van der Waals surface area contributed by atoms with E-state index in [2.05, 4.69) is 18.7 Å². The Morgan fingerprint density at radius 1 is 0.921 bits per heavy atom. The van der Waals surface area contributed by atoms with Gasteiger partial charge in [-0.15, -0.1) is 0 Å². The zero-order valence-electron chi connectivity index (χ0n) is 22.6. The van der Waals surface area contributed by atoms with Gasteiger partial charge in [0.1, 0.15) is 18.1 Å². The molecule has 1 fully saturated rings. The van der Waals surface area contributed by atoms with Crippen LogP contribution in [-0.2, 0) is 16.2 Å². The molecular weight excluding hydrogens is 476 g/mol. The van der Waals surface area contributed by atoms with E-state index in [9.17, 15) is 14.7 Å². The van der Waals surface area contributed by atoms with E-state index in [1.807, 2.05) is 68.4 Å². The number of aryl methyl sites for hydroxylation is 2. The normalized spacial score (nSPS) is 16.9. The summed E-state index contributed by atoms with van der Waals surface area (Å²) in [6.45, 7) is 11.2. The summed E-state index contributed by atoms with van der Waals surface area (Å²) in [4.78, 5) is 30.5. The minimum Gasteiger partial charge on any atom is -0.507 e. The van der Waals surface area contributed by atoms with Gasteiger partial charge < -0.3 is 19.6 Å². The molecule has 1 saturated heterocycles. The Balaban J connectivity index is 1.70. The van der Waals surface area contributed by atoms with E-state index >= 15 is 0 Å². The average molecular weight is 513 g/mol. The summed E-state index contributed by atoms with van der Waals surface area (Å²) < 4.78 is 5.99. The Labute approximate surface area is 225 Å². The number of benzene rings is 3. The highest BCUT2D eigenvalue weighted by Gasteiger charge is 2.46. The monoisotopic (exact) mass is 512 g/mol. The van der Waals surface area contributed by atoms with Gasteiger partial charge in [-0.1, -0.05) is 68.4 Å². The quantitative estimate of drug-likeness (QED) is 0.216. The van der Waals surface area contributed by atoms with Crippen LogP contribution in [0.25, 0.3) is 5.76 Å². The molecule has 3 aromatic rings. The van der Waals surface area contributed by atoms with Crippen LogP contribution in [0.1, 0.15) is 47.7 Å². The lowest BCUT2D eigenvalue weighted by molar-refractivity contribution is -0.140. The van der Waals surface area contributed by atoms with Crippen LogP contribution in [0.3, 0.4) is 0 Å². The molecule has 1 atom stereocenters. The molecule has 1 amide bonds. The molecule has 38 heavy (non-hydrogen) atoms. The van der Waals surface area contributed by atoms with Crippen molar-refractivity contribution < 1.29 is 19.4 Å². The van der Waals surface area contributed by atoms with Gasteiger partial charge in [0, 0.05) is 18.7 Å². The van der Waals surface area contributed by atoms with Crippen molar-refractivity contribution in [1.82, 2.24) is 9.80 Å². The van der Waals surface area contributed by atoms with E-state index in [0.29, 0.717) is 31.0 Å². The number of nitrogens with zero attached hydrogens (tertiary/aromatic N) is 2. The molecule has 198 valence electrons. The lowest BCUT2D eigenvalue weighted by Crippen LogP contribution is -2.38. The van der Waals surface area contributed by atoms with Crippen LogP contribution >= 0.6 is 0 Å². The molecule has 0 bridgehead atoms. The summed E-state index contributed by atoms with van der Waals surface area (Å²) in [7, 11) is 0. The number of ether oxygens (including phenoxy) is 1. The van der Waals surface area contributed by atoms with Gasteiger partial charge in [0.05, 0.1) is 11.6 Å². The van der Waals surface area contributed by atoms with Crippen molar-refractivity contribution in [2.24, 2.45) is 0 Å². The molecule has 1 N–H and O–H groups in total. The van der Waals surface area contributed by atoms with Crippen molar-refractivity contribution in [1.29, 1.82) is 0 Å². The maximum absolute atomic E-state index is 13.4. The molecule has 1 heterocycles. The minimum absolute atomic E-state index is 0.126. The van der Waals surface area contributed by atoms with Crippen molar-refractivity contribution in [3.63, 3.8) is 0 Å². The van der Waals surface area contributed by atoms with Crippen molar-refractivity contribution in [3.8, 4) is 5.75 Å². The van der Waals surface area contributed by atoms with Crippen LogP contribution in [0, 0.1) is 13.8 Å². The molecule has 1 aliphatic rings. The number of likely N-dealkylation sites (N-methyl/N-ethyl adjacent to an activating group) is 1. The third-order valence-corrected chi connectivity index (χ3v) is 7.26. The van der Waals surface area contributed by atoms with Gasteiger partial charge in [0.25, 0.3) is 11.7 Å². The number of aliphatic hydroxyl groups excluding tert-OH is 1. The first-order chi connectivity index (χ1) is 18.3. The van der Waals surface area contributed by atoms with Crippen LogP contribution in [0.5, 0.6) is 5.75 Å². The second-order valence-corrected chi connectivity index (χ2v) is 9.63. The summed E-state index contributed by atoms with van der Waals surface area (Å²) in [6.07, 6.45) is 0. The van der Waals surface area contributed by atoms with E-state index in [-0.39, 0.29) is 11.3 Å². The first kappa shape index (κ1) is 27.1. The molecule has 6 nitrogen and oxygen atoms in total. The number of rotatable bonds is 10. The summed E-state index contributed by atoms with van der Waals surface area (Å²) in [5.41, 5.74) is 4.29. The van der Waals surface area contributed by atoms with E-state index < -0.39 is 17.7 Å². The Morgan fingerprint density at radius 3 is 2.26 bits per heavy atom. The Hall–Kier alpha value is -3.90. The van der Waals surface area contributed by atoms with E-state index in [4.69, 9.17) is 4.74 Å². The maximum Gasteiger partial charge on any atom is 0.295 e. The molecule has 4 rings (SSSR count). The number of carbonyl (C=O) groups excluding carboxylic acids is 2. The minimum atomic E-state index is -0.655. The summed E-state index contributed by atoms with van der Waals surface area (Å²) in [6, 6.07) is 22.3. The predicted octanol–water partition coefficient (Wildman–Crippen LogP) is 5.65. The Morgan fingerprint density at radius 2 is 1.61 bits per heavy atom. The molecule has 0 spiro atoms. The van der Waals surface area contributed by atoms with Crippen LogP contribution in [0.15, 0.2) is 78.4 Å². The number of aliphatic hydroxyl groups is 1. The predicted molar refractivity (Wildman–Crippen MR) is 150 cm³/mol. The standard InChI is InChI=1S/C32H36N2O4/c1-5-33(6-2)18-19-34-29(26-15-11-10-12-22(26)3)28(31(36)32(34)37)30(35)25-16-17-27(23(4)20-25)38-21-24-13-8-7-9-14-24/h7-17,20,29,35H,5-6,18-19,21H2,1-4H3/b30-28+. The fourth-order valence-corrected chi connectivity index (χ4v) is 4.97. The summed E-state index contributed by atoms with van der Waals surface area (Å²) in [5.74, 6) is -0.705. The van der Waals surface area contributed by atoms with E-state index in [1.54, 1.807) is 23.1 Å². The molecule has 1 unspecified atom stereocenters. The lowest BCUT2D eigenvalue weighted by atomic mass is 9.92. The third-order valence-electron chi connectivity index (χ3n) is 7.26. The van der Waals surface area contributed by atoms with Crippen molar-refractivity contribution in [2.45, 2.75) is 40.3 Å². The van der Waals surface area contributed by atoms with Crippen LogP contribution in [-0.4, -0.2) is 52.8 Å². The van der Waals surface area contributed by atoms with Crippen LogP contribution in [0.2, 0.25) is 0 Å². The first-order valence-electron chi connectivity index (χ1n) is 13.2. The average Bonchev–Trinajstić information content (AvgIpc) is 3.18. The van der Waals surface area contributed by atoms with Gasteiger partial charge in [-0.25, -0.2) is 0 Å². The lowest BCUT2D eigenvalue weighted by Gasteiger charge is -2.29. The highest BCUT2D eigenvalue weighted by atomic mass is 16.5. The zero-order valence-corrected chi connectivity index (χ0v) is 22.6. The second-order valence-electron chi connectivity index (χ2n) is 9.63. The molecule has 6 heteroatoms. The largest absolute Gasteiger partial charge is 0.507 e. The maximum atomic E-state index is 13.4. The number of amides is 1. The molecular formula is C32H36N2O4. The van der Waals surface area contributed by atoms with Crippen LogP contribution in [0.4, 0.5) is 0 Å². The number of hydrogen-bond donors (Lipinski definition) is 1. The summed E-state index contributed by atoms with van der Waals surface area (Å²) >= 11 is 0. The Kier molecular flexibility index (Phi) is 8.64. The Bertz CT molecular complexity index is 1330. The van der Waals surface area contributed by atoms with Gasteiger partial charge in [0.15, 0.2) is 0 Å². The van der Waals surface area contributed by atoms with Gasteiger partial charge in [0.2, 0.25) is 0 Å². The fraction of sp³-hybridized carbons (Fsp3) is 0.312. The third kappa shape index (κ3) is 5.65. The van der Waals surface area contributed by atoms with E-state index in [0.717, 1.165) is 35.3 Å². The van der Waals surface area contributed by atoms with Crippen LogP contribution < -0.4 is 4.74 Å². The fourth-order valence-electron chi connectivity index (χ4n) is 4.97. The highest BCUT2D eigenvalue weighted by molar-refractivity contribution is 6.46. The summed E-state index contributed by atoms with van der Waals surface area (Å²) in [5, 5.41) is 11.5. The highest BCUT2D eigenvalue weighted by Crippen LogP contribution is 2.40. The van der Waals surface area contributed by atoms with E-state index in [1.165, 1.54) is 0 Å². The molecule has 3 aromatic carbocycles. The SMILES string of the molecule is CCN(CC)CCN1C(=O)C(=O)/C(=C(/O)c2ccc(OCc3ccccc3)c(C)c2)C1c1ccccc1C. The van der Waals surface area contributed by atoms with Crippen molar-refractivity contribution >= 4 is 17.4 Å². The molecule has 0 aliphatic carbocycles. The zero-order chi connectivity index (χ0) is 27.2. The number of carbonyl (C=O) groups is 2. The number of hydrogen-bond acceptors (Lipinski definition) is 5. The number of ketones is 1. The molecule has 0 saturated carbocycles. The number of Topliss-reactive ketones (excluding diaryl/α,β-unsaturated/α-hetero) is 1. The molecule has 1 aliphatic heterocycles. The van der Waals surface area contributed by atoms with Gasteiger partial charge >= 0.3 is 0 Å². The second kappa shape index (κ2) is 12.1. The van der Waals surface area contributed by atoms with Crippen molar-refractivity contribution in [3.05, 3.63) is 106 Å². The van der Waals surface area contributed by atoms with Gasteiger partial charge in [-0.2, -0.15) is 0 Å². The topological polar surface area (TPSA) is 70.1 Å². The molecule has 0 radical (unpaired) electrons. The number of likely N-dealkylation sites (tertiary alicyclic amines) is 1. The first-order valence-corrected chi connectivity index (χ1v) is 13.2. The molecule has 0 aromatic heterocycles. The van der Waals surface area contributed by atoms with Gasteiger partial charge in [-0.05, 0) is 67.4 Å². The smallest absolute Gasteiger partial charge is 0.295 e.